The molecular formula is C11H21B. The number of unbranched alkanes of at least 4 members (excludes halogenated alkanes) is 4. The summed E-state index contributed by atoms with van der Waals surface area (Å²) in [5.41, 5.74) is 1.40. The van der Waals surface area contributed by atoms with Gasteiger partial charge in [0.25, 0.3) is 0 Å². The van der Waals surface area contributed by atoms with E-state index in [2.05, 4.69) is 39.7 Å². The van der Waals surface area contributed by atoms with Gasteiger partial charge in [-0.2, -0.15) is 0 Å². The molecular weight excluding hydrogens is 143 g/mol. The Labute approximate surface area is 78.0 Å². The Balaban J connectivity index is 3.33. The van der Waals surface area contributed by atoms with Crippen LogP contribution in [0.3, 0.4) is 0 Å². The van der Waals surface area contributed by atoms with Gasteiger partial charge in [0.15, 0.2) is 0 Å². The molecule has 0 aromatic carbocycles. The van der Waals surface area contributed by atoms with E-state index >= 15 is 0 Å². The second-order valence-corrected chi connectivity index (χ2v) is 3.30. The molecule has 0 nitrogen and oxygen atoms in total. The Bertz CT molecular complexity index is 145. The van der Waals surface area contributed by atoms with E-state index in [1.54, 1.807) is 0 Å². The maximum absolute atomic E-state index is 2.33. The molecule has 0 amide bonds. The van der Waals surface area contributed by atoms with Crippen molar-refractivity contribution in [1.29, 1.82) is 0 Å². The molecule has 0 saturated heterocycles. The summed E-state index contributed by atoms with van der Waals surface area (Å²) < 4.78 is 0. The van der Waals surface area contributed by atoms with Gasteiger partial charge >= 0.3 is 77.3 Å². The van der Waals surface area contributed by atoms with Gasteiger partial charge in [-0.25, -0.2) is 0 Å². The second-order valence-electron chi connectivity index (χ2n) is 3.30. The fourth-order valence-corrected chi connectivity index (χ4v) is 1.23. The summed E-state index contributed by atoms with van der Waals surface area (Å²) in [4.78, 5) is 0. The van der Waals surface area contributed by atoms with E-state index in [-0.39, 0.29) is 0 Å². The molecule has 0 fully saturated rings. The maximum atomic E-state index is 2.33. The van der Waals surface area contributed by atoms with Crippen LogP contribution in [0.15, 0.2) is 11.5 Å². The molecule has 0 spiro atoms. The monoisotopic (exact) mass is 164 g/mol. The van der Waals surface area contributed by atoms with Gasteiger partial charge in [-0.3, -0.25) is 0 Å². The van der Waals surface area contributed by atoms with Crippen LogP contribution in [0.4, 0.5) is 0 Å². The van der Waals surface area contributed by atoms with Crippen LogP contribution in [-0.4, -0.2) is 12.9 Å². The van der Waals surface area contributed by atoms with Gasteiger partial charge in [-0.05, 0) is 0 Å². The molecule has 0 saturated carbocycles. The third kappa shape index (κ3) is 7.78. The first-order valence-electron chi connectivity index (χ1n) is 5.10. The van der Waals surface area contributed by atoms with Crippen LogP contribution in [0.1, 0.15) is 52.9 Å². The van der Waals surface area contributed by atoms with Crippen LogP contribution >= 0.6 is 0 Å². The van der Waals surface area contributed by atoms with Crippen molar-refractivity contribution in [3.05, 3.63) is 11.5 Å². The number of hydrogen-bond acceptors (Lipinski definition) is 0. The Morgan fingerprint density at radius 1 is 1.25 bits per heavy atom. The number of allylic oxidation sites excluding steroid dienone is 2. The molecule has 0 aliphatic heterocycles. The zero-order valence-corrected chi connectivity index (χ0v) is 8.77. The average Bonchev–Trinajstić information content (AvgIpc) is 2.05. The van der Waals surface area contributed by atoms with E-state index < -0.39 is 0 Å². The predicted molar refractivity (Wildman–Crippen MR) is 60.0 cm³/mol. The number of rotatable bonds is 6. The van der Waals surface area contributed by atoms with Crippen molar-refractivity contribution in [2.45, 2.75) is 52.9 Å². The summed E-state index contributed by atoms with van der Waals surface area (Å²) >= 11 is 0. The van der Waals surface area contributed by atoms with Crippen molar-refractivity contribution in [2.24, 2.45) is 0 Å². The molecule has 12 heavy (non-hydrogen) atoms. The Kier molecular flexibility index (Phi) is 8.53. The molecule has 68 valence electrons. The van der Waals surface area contributed by atoms with Crippen LogP contribution < -0.4 is 0 Å². The van der Waals surface area contributed by atoms with Crippen molar-refractivity contribution in [1.82, 2.24) is 0 Å². The first-order valence-corrected chi connectivity index (χ1v) is 5.10. The minimum absolute atomic E-state index is 1.25. The van der Waals surface area contributed by atoms with Crippen molar-refractivity contribution >= 4 is 12.9 Å². The van der Waals surface area contributed by atoms with E-state index in [1.165, 1.54) is 37.6 Å². The van der Waals surface area contributed by atoms with Gasteiger partial charge in [0, 0.05) is 0 Å². The standard InChI is InChI=1S/C11H21B/c1-4-6-7-8-9-10-11(3)12-5-2/h5,10H,4,6-9H2,1-3H3/b11-10-. The van der Waals surface area contributed by atoms with E-state index in [4.69, 9.17) is 0 Å². The molecule has 1 heteroatoms. The SMILES string of the molecule is CC=B/C(C)=C\CCCCCC. The summed E-state index contributed by atoms with van der Waals surface area (Å²) in [5.74, 6) is 2.10. The third-order valence-electron chi connectivity index (χ3n) is 1.95. The third-order valence-corrected chi connectivity index (χ3v) is 1.95. The van der Waals surface area contributed by atoms with E-state index in [9.17, 15) is 0 Å². The molecule has 0 aromatic heterocycles. The van der Waals surface area contributed by atoms with Gasteiger partial charge in [0.05, 0.1) is 0 Å². The van der Waals surface area contributed by atoms with Crippen LogP contribution in [0.2, 0.25) is 0 Å². The van der Waals surface area contributed by atoms with Crippen molar-refractivity contribution in [3.63, 3.8) is 0 Å². The summed E-state index contributed by atoms with van der Waals surface area (Å²) in [6.45, 7) is 8.65. The summed E-state index contributed by atoms with van der Waals surface area (Å²) in [5, 5.41) is 0. The summed E-state index contributed by atoms with van der Waals surface area (Å²) in [7, 11) is 0. The molecule has 0 atom stereocenters. The number of hydrogen-bond donors (Lipinski definition) is 0. The van der Waals surface area contributed by atoms with Gasteiger partial charge in [0.1, 0.15) is 0 Å². The zero-order chi connectivity index (χ0) is 9.23. The van der Waals surface area contributed by atoms with Crippen molar-refractivity contribution in [2.75, 3.05) is 0 Å². The van der Waals surface area contributed by atoms with Gasteiger partial charge < -0.3 is 0 Å². The first-order chi connectivity index (χ1) is 5.81. The molecule has 0 rings (SSSR count). The molecule has 0 radical (unpaired) electrons. The quantitative estimate of drug-likeness (QED) is 0.417. The molecule has 0 aliphatic carbocycles. The van der Waals surface area contributed by atoms with E-state index in [0.717, 1.165) is 0 Å². The Morgan fingerprint density at radius 3 is 2.58 bits per heavy atom. The fraction of sp³-hybridized carbons (Fsp3) is 0.727. The summed E-state index contributed by atoms with van der Waals surface area (Å²) in [6, 6.07) is 0. The second kappa shape index (κ2) is 8.77. The van der Waals surface area contributed by atoms with Crippen LogP contribution in [0.5, 0.6) is 0 Å². The van der Waals surface area contributed by atoms with Gasteiger partial charge in [0.2, 0.25) is 0 Å². The van der Waals surface area contributed by atoms with Crippen LogP contribution in [0.25, 0.3) is 0 Å². The van der Waals surface area contributed by atoms with Gasteiger partial charge in [-0.1, -0.05) is 0 Å². The van der Waals surface area contributed by atoms with Crippen molar-refractivity contribution in [3.8, 4) is 0 Å². The van der Waals surface area contributed by atoms with E-state index in [1.807, 2.05) is 0 Å². The molecule has 0 aromatic rings. The normalized spacial score (nSPS) is 12.1. The van der Waals surface area contributed by atoms with Crippen molar-refractivity contribution < 1.29 is 0 Å². The van der Waals surface area contributed by atoms with E-state index in [0.29, 0.717) is 0 Å². The minimum atomic E-state index is 1.25. The predicted octanol–water partition coefficient (Wildman–Crippen LogP) is 3.39. The Hall–Kier alpha value is -0.325. The molecule has 0 unspecified atom stereocenters. The molecule has 0 N–H and O–H groups in total. The molecule has 0 aliphatic rings. The van der Waals surface area contributed by atoms with Gasteiger partial charge in [-0.15, -0.1) is 0 Å². The molecule has 0 heterocycles. The fourth-order valence-electron chi connectivity index (χ4n) is 1.23. The first kappa shape index (κ1) is 11.7. The molecule has 0 bridgehead atoms. The topological polar surface area (TPSA) is 0 Å². The average molecular weight is 164 g/mol. The zero-order valence-electron chi connectivity index (χ0n) is 8.77. The Morgan fingerprint density at radius 2 is 2.00 bits per heavy atom. The van der Waals surface area contributed by atoms with Crippen LogP contribution in [-0.2, 0) is 0 Å². The van der Waals surface area contributed by atoms with Crippen LogP contribution in [0, 0.1) is 0 Å². The summed E-state index contributed by atoms with van der Waals surface area (Å²) in [6.07, 6.45) is 9.03.